The number of sulfone groups is 1. The zero-order valence-corrected chi connectivity index (χ0v) is 32.0. The van der Waals surface area contributed by atoms with E-state index in [4.69, 9.17) is 14.2 Å². The average molecular weight is 712 g/mol. The van der Waals surface area contributed by atoms with Gasteiger partial charge in [0.1, 0.15) is 6.10 Å². The number of thioether (sulfide) groups is 1. The number of aromatic nitrogens is 2. The third kappa shape index (κ3) is 25.6. The van der Waals surface area contributed by atoms with Crippen LogP contribution in [-0.2, 0) is 19.3 Å². The highest BCUT2D eigenvalue weighted by molar-refractivity contribution is 8.02. The van der Waals surface area contributed by atoms with Crippen LogP contribution in [0.5, 0.6) is 6.01 Å². The Kier molecular flexibility index (Phi) is 27.2. The van der Waals surface area contributed by atoms with Crippen LogP contribution in [0.4, 0.5) is 0 Å². The molecule has 0 aliphatic carbocycles. The summed E-state index contributed by atoms with van der Waals surface area (Å²) in [5.41, 5.74) is 0. The van der Waals surface area contributed by atoms with Gasteiger partial charge >= 0.3 is 6.01 Å². The van der Waals surface area contributed by atoms with Gasteiger partial charge in [0.25, 0.3) is 0 Å². The first-order valence-electron chi connectivity index (χ1n) is 19.4. The molecule has 1 aliphatic rings. The summed E-state index contributed by atoms with van der Waals surface area (Å²) in [7, 11) is -3.30. The fourth-order valence-electron chi connectivity index (χ4n) is 5.90. The molecule has 1 unspecified atom stereocenters. The van der Waals surface area contributed by atoms with E-state index in [1.807, 2.05) is 11.8 Å². The Morgan fingerprint density at radius 3 is 1.79 bits per heavy atom. The lowest BCUT2D eigenvalue weighted by Crippen LogP contribution is -2.33. The maximum atomic E-state index is 12.9. The molecule has 1 aliphatic heterocycles. The minimum atomic E-state index is -3.30. The van der Waals surface area contributed by atoms with E-state index in [1.165, 1.54) is 103 Å². The van der Waals surface area contributed by atoms with Crippen LogP contribution in [0.3, 0.4) is 0 Å². The highest BCUT2D eigenvalue weighted by atomic mass is 32.2. The Hall–Kier alpha value is -1.36. The van der Waals surface area contributed by atoms with Crippen LogP contribution in [0.15, 0.2) is 30.1 Å². The maximum absolute atomic E-state index is 12.9. The zero-order valence-electron chi connectivity index (χ0n) is 30.4. The Balaban J connectivity index is 1.47. The number of unbranched alkanes of at least 4 members (excludes halogenated alkanes) is 19. The SMILES string of the molecule is CCCCCCCCCCCCCCCCCCOCC(CS(=O)(=O)CCCCCOCCCCCN1C=CSC1)Oc1ncccn1. The van der Waals surface area contributed by atoms with Gasteiger partial charge in [0.2, 0.25) is 0 Å². The molecule has 48 heavy (non-hydrogen) atoms. The van der Waals surface area contributed by atoms with Gasteiger partial charge in [-0.1, -0.05) is 110 Å². The van der Waals surface area contributed by atoms with Crippen molar-refractivity contribution in [2.45, 2.75) is 154 Å². The smallest absolute Gasteiger partial charge is 0.316 e. The van der Waals surface area contributed by atoms with E-state index in [0.717, 1.165) is 51.1 Å². The van der Waals surface area contributed by atoms with Crippen molar-refractivity contribution in [3.63, 3.8) is 0 Å². The number of hydrogen-bond donors (Lipinski definition) is 0. The topological polar surface area (TPSA) is 90.9 Å². The molecule has 0 saturated carbocycles. The summed E-state index contributed by atoms with van der Waals surface area (Å²) in [4.78, 5) is 10.6. The molecule has 2 rings (SSSR count). The molecule has 0 bridgehead atoms. The molecule has 1 aromatic heterocycles. The van der Waals surface area contributed by atoms with Gasteiger partial charge in [-0.3, -0.25) is 0 Å². The molecule has 0 N–H and O–H groups in total. The van der Waals surface area contributed by atoms with Crippen molar-refractivity contribution in [2.75, 3.05) is 50.4 Å². The molecule has 0 aromatic carbocycles. The normalized spacial score (nSPS) is 13.8. The summed E-state index contributed by atoms with van der Waals surface area (Å²) in [6.07, 6.45) is 31.8. The van der Waals surface area contributed by atoms with E-state index in [9.17, 15) is 8.42 Å². The minimum Gasteiger partial charge on any atom is -0.457 e. The Morgan fingerprint density at radius 1 is 0.708 bits per heavy atom. The molecule has 278 valence electrons. The molecule has 0 saturated heterocycles. The second-order valence-electron chi connectivity index (χ2n) is 13.4. The average Bonchev–Trinajstić information content (AvgIpc) is 3.60. The van der Waals surface area contributed by atoms with Crippen molar-refractivity contribution in [3.05, 3.63) is 30.1 Å². The minimum absolute atomic E-state index is 0.0907. The lowest BCUT2D eigenvalue weighted by molar-refractivity contribution is 0.0534. The summed E-state index contributed by atoms with van der Waals surface area (Å²) >= 11 is 1.84. The van der Waals surface area contributed by atoms with Crippen molar-refractivity contribution in [3.8, 4) is 6.01 Å². The van der Waals surface area contributed by atoms with E-state index in [0.29, 0.717) is 19.6 Å². The first-order chi connectivity index (χ1) is 23.6. The summed E-state index contributed by atoms with van der Waals surface area (Å²) < 4.78 is 43.4. The quantitative estimate of drug-likeness (QED) is 0.0638. The first-order valence-corrected chi connectivity index (χ1v) is 22.3. The van der Waals surface area contributed by atoms with Gasteiger partial charge in [-0.25, -0.2) is 18.4 Å². The Bertz CT molecular complexity index is 984. The largest absolute Gasteiger partial charge is 0.457 e. The van der Waals surface area contributed by atoms with Gasteiger partial charge in [0, 0.05) is 45.0 Å². The molecule has 10 heteroatoms. The third-order valence-corrected chi connectivity index (χ3v) is 11.4. The number of rotatable bonds is 35. The summed E-state index contributed by atoms with van der Waals surface area (Å²) in [6, 6.07) is 1.90. The van der Waals surface area contributed by atoms with Crippen LogP contribution in [0.1, 0.15) is 148 Å². The van der Waals surface area contributed by atoms with Gasteiger partial charge in [0.15, 0.2) is 9.84 Å². The Morgan fingerprint density at radius 2 is 1.23 bits per heavy atom. The molecule has 0 amide bonds. The molecule has 1 atom stereocenters. The zero-order chi connectivity index (χ0) is 34.2. The van der Waals surface area contributed by atoms with Crippen LogP contribution >= 0.6 is 11.8 Å². The molecule has 0 radical (unpaired) electrons. The van der Waals surface area contributed by atoms with E-state index in [-0.39, 0.29) is 24.1 Å². The standard InChI is InChI=1S/C38H69N3O5S2/c1-2-3-4-5-6-7-8-9-10-11-12-13-14-15-16-20-31-45-34-37(46-38-39-25-24-26-40-38)35-48(42,43)33-23-18-22-30-44-29-21-17-19-27-41-28-32-47-36-41/h24-26,28,32,37H,2-23,27,29-31,33-36H2,1H3. The second kappa shape index (κ2) is 30.5. The number of hydrogen-bond acceptors (Lipinski definition) is 9. The second-order valence-corrected chi connectivity index (χ2v) is 16.5. The van der Waals surface area contributed by atoms with E-state index < -0.39 is 15.9 Å². The van der Waals surface area contributed by atoms with E-state index >= 15 is 0 Å². The molecule has 8 nitrogen and oxygen atoms in total. The van der Waals surface area contributed by atoms with Gasteiger partial charge in [-0.2, -0.15) is 0 Å². The van der Waals surface area contributed by atoms with Gasteiger partial charge in [-0.15, -0.1) is 11.8 Å². The van der Waals surface area contributed by atoms with Gasteiger partial charge < -0.3 is 19.1 Å². The fraction of sp³-hybridized carbons (Fsp3) is 0.842. The third-order valence-electron chi connectivity index (χ3n) is 8.79. The maximum Gasteiger partial charge on any atom is 0.316 e. The number of nitrogens with zero attached hydrogens (tertiary/aromatic N) is 3. The van der Waals surface area contributed by atoms with E-state index in [2.05, 4.69) is 33.4 Å². The van der Waals surface area contributed by atoms with Crippen molar-refractivity contribution in [1.82, 2.24) is 14.9 Å². The van der Waals surface area contributed by atoms with E-state index in [1.54, 1.807) is 18.5 Å². The van der Waals surface area contributed by atoms with Crippen LogP contribution in [-0.4, -0.2) is 79.7 Å². The highest BCUT2D eigenvalue weighted by Gasteiger charge is 2.22. The lowest BCUT2D eigenvalue weighted by Gasteiger charge is -2.18. The van der Waals surface area contributed by atoms with Crippen LogP contribution < -0.4 is 4.74 Å². The lowest BCUT2D eigenvalue weighted by atomic mass is 10.0. The fourth-order valence-corrected chi connectivity index (χ4v) is 8.19. The molecule has 2 heterocycles. The summed E-state index contributed by atoms with van der Waals surface area (Å²) in [6.45, 7) is 5.70. The predicted molar refractivity (Wildman–Crippen MR) is 202 cm³/mol. The monoisotopic (exact) mass is 711 g/mol. The molecule has 0 spiro atoms. The predicted octanol–water partition coefficient (Wildman–Crippen LogP) is 9.75. The molecule has 0 fully saturated rings. The Labute approximate surface area is 298 Å². The molecular formula is C38H69N3O5S2. The van der Waals surface area contributed by atoms with Crippen LogP contribution in [0.25, 0.3) is 0 Å². The van der Waals surface area contributed by atoms with Crippen molar-refractivity contribution in [1.29, 1.82) is 0 Å². The van der Waals surface area contributed by atoms with Gasteiger partial charge in [-0.05, 0) is 50.0 Å². The van der Waals surface area contributed by atoms with Crippen molar-refractivity contribution < 1.29 is 22.6 Å². The van der Waals surface area contributed by atoms with Crippen molar-refractivity contribution >= 4 is 21.6 Å². The van der Waals surface area contributed by atoms with Crippen LogP contribution in [0, 0.1) is 0 Å². The first kappa shape index (κ1) is 42.8. The summed E-state index contributed by atoms with van der Waals surface area (Å²) in [5.74, 6) is 1.13. The molecular weight excluding hydrogens is 643 g/mol. The van der Waals surface area contributed by atoms with Crippen molar-refractivity contribution in [2.24, 2.45) is 0 Å². The number of ether oxygens (including phenoxy) is 3. The molecule has 1 aromatic rings. The highest BCUT2D eigenvalue weighted by Crippen LogP contribution is 2.16. The van der Waals surface area contributed by atoms with Crippen LogP contribution in [0.2, 0.25) is 0 Å². The van der Waals surface area contributed by atoms with Gasteiger partial charge in [0.05, 0.1) is 24.0 Å². The summed E-state index contributed by atoms with van der Waals surface area (Å²) in [5, 5.41) is 2.15.